The summed E-state index contributed by atoms with van der Waals surface area (Å²) in [4.78, 5) is 0. The summed E-state index contributed by atoms with van der Waals surface area (Å²) in [6.07, 6.45) is 4.03. The van der Waals surface area contributed by atoms with Crippen LogP contribution in [0.4, 0.5) is 0 Å². The fourth-order valence-electron chi connectivity index (χ4n) is 2.60. The van der Waals surface area contributed by atoms with Gasteiger partial charge in [-0.25, -0.2) is 0 Å². The predicted molar refractivity (Wildman–Crippen MR) is 71.6 cm³/mol. The van der Waals surface area contributed by atoms with E-state index in [1.807, 2.05) is 6.07 Å². The zero-order chi connectivity index (χ0) is 12.3. The van der Waals surface area contributed by atoms with Crippen LogP contribution >= 0.6 is 11.6 Å². The molecule has 2 nitrogen and oxygen atoms in total. The van der Waals surface area contributed by atoms with Gasteiger partial charge >= 0.3 is 0 Å². The molecule has 0 radical (unpaired) electrons. The van der Waals surface area contributed by atoms with E-state index in [2.05, 4.69) is 24.4 Å². The van der Waals surface area contributed by atoms with Gasteiger partial charge < -0.3 is 10.4 Å². The summed E-state index contributed by atoms with van der Waals surface area (Å²) in [5.41, 5.74) is 2.78. The van der Waals surface area contributed by atoms with Crippen molar-refractivity contribution in [1.82, 2.24) is 5.32 Å². The second-order valence-electron chi connectivity index (χ2n) is 4.80. The smallest absolute Gasteiger partial charge is 0.0445 e. The van der Waals surface area contributed by atoms with Crippen LogP contribution in [0.2, 0.25) is 5.02 Å². The lowest BCUT2D eigenvalue weighted by Gasteiger charge is -2.20. The van der Waals surface area contributed by atoms with Gasteiger partial charge in [-0.2, -0.15) is 0 Å². The van der Waals surface area contributed by atoms with E-state index in [4.69, 9.17) is 16.7 Å². The highest BCUT2D eigenvalue weighted by Gasteiger charge is 2.23. The maximum absolute atomic E-state index is 8.99. The van der Waals surface area contributed by atoms with Crippen LogP contribution in [0.25, 0.3) is 0 Å². The van der Waals surface area contributed by atoms with Crippen LogP contribution in [0, 0.1) is 0 Å². The molecule has 0 saturated carbocycles. The second-order valence-corrected chi connectivity index (χ2v) is 5.24. The maximum atomic E-state index is 8.99. The molecule has 0 aliphatic heterocycles. The van der Waals surface area contributed by atoms with E-state index >= 15 is 0 Å². The Hall–Kier alpha value is -0.570. The molecule has 1 aromatic carbocycles. The summed E-state index contributed by atoms with van der Waals surface area (Å²) in [5.74, 6) is 0. The third-order valence-electron chi connectivity index (χ3n) is 3.54. The molecule has 3 heteroatoms. The Morgan fingerprint density at radius 2 is 2.18 bits per heavy atom. The molecular weight excluding hydrogens is 234 g/mol. The highest BCUT2D eigenvalue weighted by Crippen LogP contribution is 2.25. The number of aliphatic hydroxyl groups excluding tert-OH is 1. The van der Waals surface area contributed by atoms with Gasteiger partial charge in [0.2, 0.25) is 0 Å². The van der Waals surface area contributed by atoms with Crippen LogP contribution in [0.3, 0.4) is 0 Å². The summed E-state index contributed by atoms with van der Waals surface area (Å²) in [5, 5.41) is 13.4. The number of fused-ring (bicyclic) bond motifs is 1. The second kappa shape index (κ2) is 5.85. The minimum atomic E-state index is 0.261. The van der Waals surface area contributed by atoms with Gasteiger partial charge in [0.05, 0.1) is 0 Å². The van der Waals surface area contributed by atoms with Crippen molar-refractivity contribution in [2.45, 2.75) is 44.7 Å². The molecule has 0 spiro atoms. The number of hydrogen-bond acceptors (Lipinski definition) is 2. The van der Waals surface area contributed by atoms with E-state index in [-0.39, 0.29) is 6.61 Å². The highest BCUT2D eigenvalue weighted by atomic mass is 35.5. The first-order valence-corrected chi connectivity index (χ1v) is 6.75. The van der Waals surface area contributed by atoms with Crippen LogP contribution in [0.15, 0.2) is 18.2 Å². The number of nitrogens with one attached hydrogen (secondary N) is 1. The van der Waals surface area contributed by atoms with Gasteiger partial charge in [-0.1, -0.05) is 24.6 Å². The van der Waals surface area contributed by atoms with Crippen molar-refractivity contribution in [3.8, 4) is 0 Å². The van der Waals surface area contributed by atoms with Gasteiger partial charge in [0.25, 0.3) is 0 Å². The van der Waals surface area contributed by atoms with Crippen LogP contribution in [0.5, 0.6) is 0 Å². The molecule has 2 unspecified atom stereocenters. The van der Waals surface area contributed by atoms with Crippen LogP contribution in [-0.2, 0) is 12.8 Å². The first-order valence-electron chi connectivity index (χ1n) is 6.37. The number of benzene rings is 1. The molecule has 2 N–H and O–H groups in total. The third-order valence-corrected chi connectivity index (χ3v) is 3.78. The fraction of sp³-hybridized carbons (Fsp3) is 0.571. The Morgan fingerprint density at radius 1 is 1.41 bits per heavy atom. The average molecular weight is 254 g/mol. The molecule has 0 amide bonds. The van der Waals surface area contributed by atoms with Crippen molar-refractivity contribution >= 4 is 11.6 Å². The van der Waals surface area contributed by atoms with Crippen LogP contribution in [-0.4, -0.2) is 23.8 Å². The van der Waals surface area contributed by atoms with Crippen molar-refractivity contribution in [2.24, 2.45) is 0 Å². The molecule has 0 saturated heterocycles. The monoisotopic (exact) mass is 253 g/mol. The van der Waals surface area contributed by atoms with Gasteiger partial charge in [0, 0.05) is 23.7 Å². The van der Waals surface area contributed by atoms with E-state index < -0.39 is 0 Å². The Kier molecular flexibility index (Phi) is 4.43. The molecule has 94 valence electrons. The molecule has 1 aliphatic carbocycles. The zero-order valence-corrected chi connectivity index (χ0v) is 11.0. The molecule has 2 rings (SSSR count). The van der Waals surface area contributed by atoms with Crippen LogP contribution in [0.1, 0.15) is 30.9 Å². The van der Waals surface area contributed by atoms with Crippen LogP contribution < -0.4 is 5.32 Å². The molecule has 2 atom stereocenters. The maximum Gasteiger partial charge on any atom is 0.0445 e. The average Bonchev–Trinajstić information content (AvgIpc) is 2.69. The van der Waals surface area contributed by atoms with E-state index in [1.165, 1.54) is 11.1 Å². The summed E-state index contributed by atoms with van der Waals surface area (Å²) in [6.45, 7) is 2.42. The van der Waals surface area contributed by atoms with Crippen molar-refractivity contribution in [2.75, 3.05) is 6.61 Å². The van der Waals surface area contributed by atoms with E-state index in [0.29, 0.717) is 12.1 Å². The Labute approximate surface area is 108 Å². The predicted octanol–water partition coefficient (Wildman–Crippen LogP) is 2.56. The van der Waals surface area contributed by atoms with E-state index in [0.717, 1.165) is 30.7 Å². The van der Waals surface area contributed by atoms with Crippen molar-refractivity contribution in [1.29, 1.82) is 0 Å². The Morgan fingerprint density at radius 3 is 2.88 bits per heavy atom. The van der Waals surface area contributed by atoms with Crippen molar-refractivity contribution in [3.05, 3.63) is 34.3 Å². The first kappa shape index (κ1) is 12.9. The molecule has 0 heterocycles. The lowest BCUT2D eigenvalue weighted by molar-refractivity contribution is 0.255. The number of aliphatic hydroxyl groups is 1. The van der Waals surface area contributed by atoms with Crippen molar-refractivity contribution < 1.29 is 5.11 Å². The minimum Gasteiger partial charge on any atom is -0.396 e. The summed E-state index contributed by atoms with van der Waals surface area (Å²) < 4.78 is 0. The quantitative estimate of drug-likeness (QED) is 0.845. The number of rotatable bonds is 5. The molecule has 0 fully saturated rings. The van der Waals surface area contributed by atoms with Gasteiger partial charge in [-0.3, -0.25) is 0 Å². The SMILES string of the molecule is CCC(CCO)NC1Cc2ccc(Cl)cc2C1. The molecule has 0 bridgehead atoms. The normalized spacial score (nSPS) is 20.3. The van der Waals surface area contributed by atoms with Gasteiger partial charge in [-0.15, -0.1) is 0 Å². The lowest BCUT2D eigenvalue weighted by atomic mass is 10.1. The number of hydrogen-bond donors (Lipinski definition) is 2. The molecule has 1 aromatic rings. The number of halogens is 1. The summed E-state index contributed by atoms with van der Waals surface area (Å²) in [7, 11) is 0. The van der Waals surface area contributed by atoms with Gasteiger partial charge in [0.15, 0.2) is 0 Å². The van der Waals surface area contributed by atoms with Crippen molar-refractivity contribution in [3.63, 3.8) is 0 Å². The first-order chi connectivity index (χ1) is 8.22. The molecule has 17 heavy (non-hydrogen) atoms. The summed E-state index contributed by atoms with van der Waals surface area (Å²) >= 11 is 6.00. The zero-order valence-electron chi connectivity index (χ0n) is 10.2. The topological polar surface area (TPSA) is 32.3 Å². The standard InChI is InChI=1S/C14H20ClNO/c1-2-13(5-6-17)16-14-8-10-3-4-12(15)7-11(10)9-14/h3-4,7,13-14,16-17H,2,5-6,8-9H2,1H3. The lowest BCUT2D eigenvalue weighted by Crippen LogP contribution is -2.39. The fourth-order valence-corrected chi connectivity index (χ4v) is 2.79. The largest absolute Gasteiger partial charge is 0.396 e. The molecular formula is C14H20ClNO. The Bertz CT molecular complexity index is 380. The molecule has 1 aliphatic rings. The Balaban J connectivity index is 1.95. The third kappa shape index (κ3) is 3.21. The van der Waals surface area contributed by atoms with Gasteiger partial charge in [-0.05, 0) is 48.9 Å². The minimum absolute atomic E-state index is 0.261. The van der Waals surface area contributed by atoms with E-state index in [9.17, 15) is 0 Å². The molecule has 0 aromatic heterocycles. The van der Waals surface area contributed by atoms with Gasteiger partial charge in [0.1, 0.15) is 0 Å². The highest BCUT2D eigenvalue weighted by molar-refractivity contribution is 6.30. The van der Waals surface area contributed by atoms with E-state index in [1.54, 1.807) is 0 Å². The summed E-state index contributed by atoms with van der Waals surface area (Å²) in [6, 6.07) is 7.10.